The lowest BCUT2D eigenvalue weighted by atomic mass is 10.0. The summed E-state index contributed by atoms with van der Waals surface area (Å²) in [4.78, 5) is 12.6. The molecule has 4 nitrogen and oxygen atoms in total. The molecule has 0 bridgehead atoms. The van der Waals surface area contributed by atoms with E-state index in [0.717, 1.165) is 0 Å². The van der Waals surface area contributed by atoms with Gasteiger partial charge in [0, 0.05) is 26.3 Å². The summed E-state index contributed by atoms with van der Waals surface area (Å²) in [5.74, 6) is 0.776. The van der Waals surface area contributed by atoms with Gasteiger partial charge in [0.25, 0.3) is 0 Å². The van der Waals surface area contributed by atoms with Gasteiger partial charge in [-0.25, -0.2) is 0 Å². The maximum Gasteiger partial charge on any atom is 0.196 e. The van der Waals surface area contributed by atoms with Crippen LogP contribution in [0.5, 0.6) is 11.5 Å². The predicted octanol–water partition coefficient (Wildman–Crippen LogP) is 3.93. The number of carbonyl (C=O) groups is 1. The van der Waals surface area contributed by atoms with Gasteiger partial charge in [0.05, 0.1) is 14.2 Å². The third-order valence-corrected chi connectivity index (χ3v) is 3.87. The van der Waals surface area contributed by atoms with Crippen molar-refractivity contribution < 1.29 is 14.3 Å². The van der Waals surface area contributed by atoms with Crippen LogP contribution in [0.4, 0.5) is 5.69 Å². The van der Waals surface area contributed by atoms with Gasteiger partial charge in [0.1, 0.15) is 0 Å². The van der Waals surface area contributed by atoms with E-state index in [0.29, 0.717) is 37.8 Å². The van der Waals surface area contributed by atoms with Crippen LogP contribution in [0.1, 0.15) is 15.9 Å². The minimum absolute atomic E-state index is 0.225. The maximum absolute atomic E-state index is 12.6. The summed E-state index contributed by atoms with van der Waals surface area (Å²) in [6.45, 7) is 0. The fourth-order valence-corrected chi connectivity index (χ4v) is 2.60. The predicted molar refractivity (Wildman–Crippen MR) is 86.5 cm³/mol. The van der Waals surface area contributed by atoms with E-state index < -0.39 is 0 Å². The summed E-state index contributed by atoms with van der Waals surface area (Å²) in [5.41, 5.74) is 7.00. The summed E-state index contributed by atoms with van der Waals surface area (Å²) in [6, 6.07) is 8.06. The third kappa shape index (κ3) is 3.14. The number of hydrogen-bond donors (Lipinski definition) is 1. The standard InChI is InChI=1S/C15H13BrClNO3/c1-20-13-6-10(11(16)7-14(13)21-2)15(19)9-4-3-8(17)5-12(9)18/h3-7H,18H2,1-2H3. The number of nitrogens with two attached hydrogens (primary N) is 1. The van der Waals surface area contributed by atoms with Crippen LogP contribution in [-0.2, 0) is 0 Å². The first-order valence-corrected chi connectivity index (χ1v) is 7.16. The molecule has 0 aliphatic carbocycles. The fraction of sp³-hybridized carbons (Fsp3) is 0.133. The number of ether oxygens (including phenoxy) is 2. The summed E-state index contributed by atoms with van der Waals surface area (Å²) in [7, 11) is 3.04. The van der Waals surface area contributed by atoms with Crippen LogP contribution >= 0.6 is 27.5 Å². The fourth-order valence-electron chi connectivity index (χ4n) is 1.91. The highest BCUT2D eigenvalue weighted by atomic mass is 79.9. The lowest BCUT2D eigenvalue weighted by molar-refractivity contribution is 0.103. The zero-order valence-electron chi connectivity index (χ0n) is 11.4. The molecule has 0 spiro atoms. The molecule has 0 radical (unpaired) electrons. The second-order valence-electron chi connectivity index (χ2n) is 4.25. The molecule has 0 amide bonds. The van der Waals surface area contributed by atoms with E-state index in [4.69, 9.17) is 26.8 Å². The van der Waals surface area contributed by atoms with Crippen molar-refractivity contribution in [1.29, 1.82) is 0 Å². The van der Waals surface area contributed by atoms with E-state index in [2.05, 4.69) is 15.9 Å². The summed E-state index contributed by atoms with van der Waals surface area (Å²) in [5, 5.41) is 0.482. The molecule has 2 rings (SSSR count). The first kappa shape index (κ1) is 15.7. The van der Waals surface area contributed by atoms with Gasteiger partial charge in [0.15, 0.2) is 17.3 Å². The number of hydrogen-bond acceptors (Lipinski definition) is 4. The molecule has 6 heteroatoms. The molecule has 0 saturated heterocycles. The lowest BCUT2D eigenvalue weighted by Crippen LogP contribution is -2.07. The Bertz CT molecular complexity index is 704. The van der Waals surface area contributed by atoms with E-state index in [1.165, 1.54) is 14.2 Å². The van der Waals surface area contributed by atoms with Crippen LogP contribution in [0.15, 0.2) is 34.8 Å². The van der Waals surface area contributed by atoms with Crippen molar-refractivity contribution >= 4 is 39.0 Å². The molecule has 21 heavy (non-hydrogen) atoms. The summed E-state index contributed by atoms with van der Waals surface area (Å²) in [6.07, 6.45) is 0. The van der Waals surface area contributed by atoms with Crippen LogP contribution in [0.25, 0.3) is 0 Å². The Morgan fingerprint density at radius 3 is 2.29 bits per heavy atom. The van der Waals surface area contributed by atoms with Gasteiger partial charge < -0.3 is 15.2 Å². The number of methoxy groups -OCH3 is 2. The van der Waals surface area contributed by atoms with Crippen LogP contribution in [0.3, 0.4) is 0 Å². The van der Waals surface area contributed by atoms with Gasteiger partial charge in [-0.15, -0.1) is 0 Å². The average Bonchev–Trinajstić information content (AvgIpc) is 2.46. The van der Waals surface area contributed by atoms with Crippen molar-refractivity contribution in [3.05, 3.63) is 51.0 Å². The quantitative estimate of drug-likeness (QED) is 0.654. The van der Waals surface area contributed by atoms with Crippen LogP contribution < -0.4 is 15.2 Å². The number of carbonyl (C=O) groups excluding carboxylic acids is 1. The molecular formula is C15H13BrClNO3. The van der Waals surface area contributed by atoms with Crippen molar-refractivity contribution in [3.8, 4) is 11.5 Å². The van der Waals surface area contributed by atoms with E-state index in [1.54, 1.807) is 30.3 Å². The Balaban J connectivity index is 2.53. The Labute approximate surface area is 135 Å². The molecule has 0 fully saturated rings. The van der Waals surface area contributed by atoms with Gasteiger partial charge in [-0.3, -0.25) is 4.79 Å². The first-order valence-electron chi connectivity index (χ1n) is 5.99. The maximum atomic E-state index is 12.6. The zero-order valence-corrected chi connectivity index (χ0v) is 13.8. The number of benzene rings is 2. The summed E-state index contributed by atoms with van der Waals surface area (Å²) < 4.78 is 11.0. The highest BCUT2D eigenvalue weighted by Gasteiger charge is 2.19. The van der Waals surface area contributed by atoms with E-state index in [9.17, 15) is 4.79 Å². The second-order valence-corrected chi connectivity index (χ2v) is 5.54. The molecule has 0 aromatic heterocycles. The molecular weight excluding hydrogens is 358 g/mol. The molecule has 0 unspecified atom stereocenters. The lowest BCUT2D eigenvalue weighted by Gasteiger charge is -2.12. The Morgan fingerprint density at radius 1 is 1.10 bits per heavy atom. The smallest absolute Gasteiger partial charge is 0.196 e. The highest BCUT2D eigenvalue weighted by Crippen LogP contribution is 2.35. The van der Waals surface area contributed by atoms with Crippen LogP contribution in [0, 0.1) is 0 Å². The largest absolute Gasteiger partial charge is 0.493 e. The molecule has 2 aromatic rings. The van der Waals surface area contributed by atoms with Crippen molar-refractivity contribution in [2.45, 2.75) is 0 Å². The number of rotatable bonds is 4. The van der Waals surface area contributed by atoms with E-state index >= 15 is 0 Å². The minimum Gasteiger partial charge on any atom is -0.493 e. The number of anilines is 1. The molecule has 110 valence electrons. The first-order chi connectivity index (χ1) is 9.97. The van der Waals surface area contributed by atoms with Crippen molar-refractivity contribution in [1.82, 2.24) is 0 Å². The minimum atomic E-state index is -0.225. The summed E-state index contributed by atoms with van der Waals surface area (Å²) >= 11 is 9.21. The molecule has 0 heterocycles. The van der Waals surface area contributed by atoms with Crippen molar-refractivity contribution in [2.24, 2.45) is 0 Å². The van der Waals surface area contributed by atoms with E-state index in [-0.39, 0.29) is 5.78 Å². The number of nitrogen functional groups attached to an aromatic ring is 1. The number of halogens is 2. The molecule has 2 N–H and O–H groups in total. The van der Waals surface area contributed by atoms with Gasteiger partial charge in [0.2, 0.25) is 0 Å². The highest BCUT2D eigenvalue weighted by molar-refractivity contribution is 9.10. The van der Waals surface area contributed by atoms with Gasteiger partial charge in [-0.1, -0.05) is 11.6 Å². The Hall–Kier alpha value is -1.72. The third-order valence-electron chi connectivity index (χ3n) is 2.98. The Morgan fingerprint density at radius 2 is 1.71 bits per heavy atom. The van der Waals surface area contributed by atoms with Crippen molar-refractivity contribution in [2.75, 3.05) is 20.0 Å². The Kier molecular flexibility index (Phi) is 4.75. The van der Waals surface area contributed by atoms with Gasteiger partial charge >= 0.3 is 0 Å². The normalized spacial score (nSPS) is 10.3. The van der Waals surface area contributed by atoms with Gasteiger partial charge in [-0.05, 0) is 46.3 Å². The topological polar surface area (TPSA) is 61.5 Å². The zero-order chi connectivity index (χ0) is 15.6. The molecule has 0 aliphatic heterocycles. The van der Waals surface area contributed by atoms with Crippen molar-refractivity contribution in [3.63, 3.8) is 0 Å². The molecule has 0 aliphatic rings. The average molecular weight is 371 g/mol. The monoisotopic (exact) mass is 369 g/mol. The SMILES string of the molecule is COc1cc(Br)c(C(=O)c2ccc(Cl)cc2N)cc1OC. The van der Waals surface area contributed by atoms with Gasteiger partial charge in [-0.2, -0.15) is 0 Å². The van der Waals surface area contributed by atoms with Crippen LogP contribution in [-0.4, -0.2) is 20.0 Å². The van der Waals surface area contributed by atoms with Crippen LogP contribution in [0.2, 0.25) is 5.02 Å². The second kappa shape index (κ2) is 6.37. The molecule has 0 atom stereocenters. The number of ketones is 1. The molecule has 2 aromatic carbocycles. The molecule has 0 saturated carbocycles. The van der Waals surface area contributed by atoms with E-state index in [1.807, 2.05) is 0 Å².